The topological polar surface area (TPSA) is 105 Å². The van der Waals surface area contributed by atoms with Crippen molar-refractivity contribution in [2.45, 2.75) is 0 Å². The second-order valence-corrected chi connectivity index (χ2v) is 2.15. The van der Waals surface area contributed by atoms with Gasteiger partial charge in [0.15, 0.2) is 0 Å². The molecule has 0 aliphatic heterocycles. The van der Waals surface area contributed by atoms with E-state index in [0.717, 1.165) is 0 Å². The first kappa shape index (κ1) is 13.9. The molecule has 0 aliphatic rings. The van der Waals surface area contributed by atoms with Crippen molar-refractivity contribution in [3.05, 3.63) is 24.5 Å². The number of aromatic amines is 1. The Morgan fingerprint density at radius 1 is 1.31 bits per heavy atom. The molecule has 0 bridgehead atoms. The largest absolute Gasteiger partial charge is 0.368 e. The van der Waals surface area contributed by atoms with Gasteiger partial charge < -0.3 is 10.7 Å². The number of hydrogen-bond donors (Lipinski definition) is 2. The summed E-state index contributed by atoms with van der Waals surface area (Å²) in [5.74, 6) is 0. The quantitative estimate of drug-likeness (QED) is 0.641. The molecular weight excluding hydrogens is 201 g/mol. The van der Waals surface area contributed by atoms with Gasteiger partial charge in [0, 0.05) is 12.4 Å². The lowest BCUT2D eigenvalue weighted by molar-refractivity contribution is 0.257. The molecule has 3 N–H and O–H groups in total. The third-order valence-corrected chi connectivity index (χ3v) is 0.990. The van der Waals surface area contributed by atoms with Gasteiger partial charge in [0.1, 0.15) is 0 Å². The number of nitrogens with two attached hydrogens (primary N) is 1. The summed E-state index contributed by atoms with van der Waals surface area (Å²) in [6, 6.07) is 2.69. The van der Waals surface area contributed by atoms with Crippen molar-refractivity contribution in [1.82, 2.24) is 4.98 Å². The van der Waals surface area contributed by atoms with Gasteiger partial charge >= 0.3 is 16.5 Å². The van der Waals surface area contributed by atoms with Crippen molar-refractivity contribution in [3.8, 4) is 0 Å². The second kappa shape index (κ2) is 8.40. The fourth-order valence-corrected chi connectivity index (χ4v) is 0.498. The SMILES string of the molecule is F.NC(=O)N=S(=O)=O.c1cc[nH]c1. The van der Waals surface area contributed by atoms with Crippen LogP contribution in [0.3, 0.4) is 0 Å². The first-order chi connectivity index (χ1) is 5.63. The van der Waals surface area contributed by atoms with Crippen LogP contribution in [0.2, 0.25) is 0 Å². The van der Waals surface area contributed by atoms with Gasteiger partial charge in [-0.05, 0) is 12.1 Å². The number of carbonyl (C=O) groups excluding carboxylic acids is 1. The van der Waals surface area contributed by atoms with Gasteiger partial charge in [0.25, 0.3) is 0 Å². The molecule has 6 nitrogen and oxygen atoms in total. The Morgan fingerprint density at radius 3 is 1.85 bits per heavy atom. The highest BCUT2D eigenvalue weighted by Gasteiger charge is 1.80. The maximum Gasteiger partial charge on any atom is 0.353 e. The molecule has 0 unspecified atom stereocenters. The van der Waals surface area contributed by atoms with E-state index in [0.29, 0.717) is 0 Å². The van der Waals surface area contributed by atoms with Crippen molar-refractivity contribution < 1.29 is 17.9 Å². The molecule has 13 heavy (non-hydrogen) atoms. The zero-order valence-corrected chi connectivity index (χ0v) is 7.19. The summed E-state index contributed by atoms with van der Waals surface area (Å²) in [7, 11) is -2.70. The third-order valence-electron chi connectivity index (χ3n) is 0.661. The molecule has 2 amide bonds. The van der Waals surface area contributed by atoms with Crippen molar-refractivity contribution >= 4 is 16.5 Å². The lowest BCUT2D eigenvalue weighted by Gasteiger charge is -1.64. The van der Waals surface area contributed by atoms with Crippen LogP contribution in [0.25, 0.3) is 0 Å². The van der Waals surface area contributed by atoms with Crippen LogP contribution in [0.1, 0.15) is 0 Å². The van der Waals surface area contributed by atoms with E-state index in [1.807, 2.05) is 24.5 Å². The van der Waals surface area contributed by atoms with Crippen LogP contribution in [0, 0.1) is 0 Å². The van der Waals surface area contributed by atoms with E-state index in [4.69, 9.17) is 0 Å². The predicted octanol–water partition coefficient (Wildman–Crippen LogP) is 0.295. The van der Waals surface area contributed by atoms with E-state index < -0.39 is 16.5 Å². The molecule has 0 aliphatic carbocycles. The summed E-state index contributed by atoms with van der Waals surface area (Å²) in [6.45, 7) is 0. The van der Waals surface area contributed by atoms with Crippen LogP contribution in [-0.2, 0) is 10.5 Å². The number of carbonyl (C=O) groups is 1. The molecule has 1 rings (SSSR count). The maximum absolute atomic E-state index is 9.47. The van der Waals surface area contributed by atoms with Gasteiger partial charge in [0.2, 0.25) is 0 Å². The van der Waals surface area contributed by atoms with Crippen molar-refractivity contribution in [2.75, 3.05) is 0 Å². The number of amides is 2. The summed E-state index contributed by atoms with van der Waals surface area (Å²) in [5.41, 5.74) is 4.29. The number of nitrogens with zero attached hydrogens (tertiary/aromatic N) is 1. The Kier molecular flexibility index (Phi) is 8.95. The molecule has 0 aromatic carbocycles. The van der Waals surface area contributed by atoms with E-state index in [-0.39, 0.29) is 4.70 Å². The van der Waals surface area contributed by atoms with E-state index in [2.05, 4.69) is 15.1 Å². The number of rotatable bonds is 0. The number of halogens is 1. The molecule has 0 saturated heterocycles. The summed E-state index contributed by atoms with van der Waals surface area (Å²) < 4.78 is 21.0. The van der Waals surface area contributed by atoms with Crippen molar-refractivity contribution in [2.24, 2.45) is 10.1 Å². The average Bonchev–Trinajstić information content (AvgIpc) is 2.36. The molecule has 0 radical (unpaired) electrons. The first-order valence-corrected chi connectivity index (χ1v) is 3.84. The predicted molar refractivity (Wildman–Crippen MR) is 44.2 cm³/mol. The van der Waals surface area contributed by atoms with E-state index in [1.54, 1.807) is 0 Å². The van der Waals surface area contributed by atoms with E-state index >= 15 is 0 Å². The van der Waals surface area contributed by atoms with Crippen LogP contribution in [0.15, 0.2) is 28.9 Å². The van der Waals surface area contributed by atoms with Crippen LogP contribution in [0.5, 0.6) is 0 Å². The fraction of sp³-hybridized carbons (Fsp3) is 0. The fourth-order valence-electron chi connectivity index (χ4n) is 0.351. The molecule has 0 saturated carbocycles. The molecule has 1 aromatic heterocycles. The van der Waals surface area contributed by atoms with Crippen molar-refractivity contribution in [3.63, 3.8) is 0 Å². The summed E-state index contributed by atoms with van der Waals surface area (Å²) in [5, 5.41) is 0. The summed E-state index contributed by atoms with van der Waals surface area (Å²) >= 11 is 0. The minimum atomic E-state index is -2.70. The molecule has 8 heteroatoms. The molecule has 74 valence electrons. The monoisotopic (exact) mass is 209 g/mol. The Hall–Kier alpha value is -1.70. The molecule has 1 aromatic rings. The van der Waals surface area contributed by atoms with Crippen LogP contribution in [-0.4, -0.2) is 19.4 Å². The smallest absolute Gasteiger partial charge is 0.353 e. The van der Waals surface area contributed by atoms with Gasteiger partial charge in [0.05, 0.1) is 0 Å². The lowest BCUT2D eigenvalue weighted by atomic mass is 10.7. The van der Waals surface area contributed by atoms with Crippen LogP contribution >= 0.6 is 0 Å². The standard InChI is InChI=1S/C4H5N.CH2N2O3S.FH/c1-2-4-5-3-1;2-1(4)3-7(5)6;/h1-5H;(H2,2,4);1H. The minimum Gasteiger partial charge on any atom is -0.368 e. The number of nitrogens with one attached hydrogen (secondary N) is 1. The summed E-state index contributed by atoms with van der Waals surface area (Å²) in [6.07, 6.45) is 3.75. The molecule has 0 fully saturated rings. The van der Waals surface area contributed by atoms with Crippen LogP contribution in [0.4, 0.5) is 9.50 Å². The number of H-pyrrole nitrogens is 1. The zero-order chi connectivity index (χ0) is 9.40. The average molecular weight is 209 g/mol. The number of aromatic nitrogens is 1. The second-order valence-electron chi connectivity index (χ2n) is 1.53. The normalized spacial score (nSPS) is 7.08. The van der Waals surface area contributed by atoms with Gasteiger partial charge in [-0.15, -0.1) is 0 Å². The molecule has 0 spiro atoms. The van der Waals surface area contributed by atoms with E-state index in [1.165, 1.54) is 0 Å². The third kappa shape index (κ3) is 13.3. The number of primary amides is 1. The number of hydrogen-bond acceptors (Lipinski definition) is 3. The van der Waals surface area contributed by atoms with Crippen LogP contribution < -0.4 is 5.73 Å². The number of urea groups is 1. The first-order valence-electron chi connectivity index (χ1n) is 2.81. The Labute approximate surface area is 74.8 Å². The minimum absolute atomic E-state index is 0. The van der Waals surface area contributed by atoms with Gasteiger partial charge in [-0.2, -0.15) is 8.42 Å². The molecule has 1 heterocycles. The molecular formula is C5H8FN3O3S. The van der Waals surface area contributed by atoms with Gasteiger partial charge in [-0.25, -0.2) is 4.79 Å². The Morgan fingerprint density at radius 2 is 1.77 bits per heavy atom. The Balaban J connectivity index is 0. The lowest BCUT2D eigenvalue weighted by Crippen LogP contribution is -2.02. The van der Waals surface area contributed by atoms with E-state index in [9.17, 15) is 13.2 Å². The van der Waals surface area contributed by atoms with Crippen molar-refractivity contribution in [1.29, 1.82) is 0 Å². The highest BCUT2D eigenvalue weighted by Crippen LogP contribution is 1.72. The maximum atomic E-state index is 9.47. The highest BCUT2D eigenvalue weighted by atomic mass is 32.2. The Bertz CT molecular complexity index is 320. The zero-order valence-electron chi connectivity index (χ0n) is 6.38. The molecule has 0 atom stereocenters. The van der Waals surface area contributed by atoms with Gasteiger partial charge in [-0.1, -0.05) is 4.36 Å². The highest BCUT2D eigenvalue weighted by molar-refractivity contribution is 7.62. The summed E-state index contributed by atoms with van der Waals surface area (Å²) in [4.78, 5) is 12.3. The van der Waals surface area contributed by atoms with Gasteiger partial charge in [-0.3, -0.25) is 4.70 Å².